The number of rotatable bonds is 9. The molecule has 0 aliphatic rings. The summed E-state index contributed by atoms with van der Waals surface area (Å²) in [6.07, 6.45) is 4.67. The number of nitrogens with one attached hydrogen (secondary N) is 1. The fourth-order valence-corrected chi connectivity index (χ4v) is 3.66. The normalized spacial score (nSPS) is 13.1. The predicted octanol–water partition coefficient (Wildman–Crippen LogP) is 4.98. The van der Waals surface area contributed by atoms with Crippen LogP contribution in [0.25, 0.3) is 0 Å². The number of alkyl halides is 2. The van der Waals surface area contributed by atoms with Crippen LogP contribution in [0.15, 0.2) is 77.4 Å². The van der Waals surface area contributed by atoms with Gasteiger partial charge in [0.25, 0.3) is 0 Å². The highest BCUT2D eigenvalue weighted by Gasteiger charge is 2.60. The van der Waals surface area contributed by atoms with Gasteiger partial charge in [0.05, 0.1) is 18.5 Å². The third-order valence-electron chi connectivity index (χ3n) is 5.01. The van der Waals surface area contributed by atoms with Crippen LogP contribution in [-0.2, 0) is 11.5 Å². The van der Waals surface area contributed by atoms with E-state index in [1.807, 2.05) is 13.8 Å². The number of nitroso groups, excluding NO2 is 1. The number of halogens is 4. The fraction of sp³-hybridized carbons (Fsp3) is 0.200. The summed E-state index contributed by atoms with van der Waals surface area (Å²) in [6, 6.07) is 5.04. The third-order valence-corrected chi connectivity index (χ3v) is 5.49. The SMILES string of the molecule is C=C(F)/C(C#Cc1ccc(C(F)(F)C(CN(N)C=N)(N=O)c2ccc(F)cc2P)nc1)=C\C=C(C)C. The average molecular weight is 517 g/mol. The van der Waals surface area contributed by atoms with Crippen molar-refractivity contribution in [2.45, 2.75) is 25.3 Å². The molecule has 0 fully saturated rings. The van der Waals surface area contributed by atoms with E-state index in [9.17, 15) is 13.7 Å². The summed E-state index contributed by atoms with van der Waals surface area (Å²) in [5.74, 6) is 5.26. The molecule has 36 heavy (non-hydrogen) atoms. The minimum absolute atomic E-state index is 0.00810. The van der Waals surface area contributed by atoms with E-state index in [-0.39, 0.29) is 22.0 Å². The lowest BCUT2D eigenvalue weighted by Crippen LogP contribution is -2.53. The van der Waals surface area contributed by atoms with Gasteiger partial charge < -0.3 is 0 Å². The van der Waals surface area contributed by atoms with Gasteiger partial charge in [0.2, 0.25) is 5.54 Å². The summed E-state index contributed by atoms with van der Waals surface area (Å²) in [7, 11) is 2.09. The van der Waals surface area contributed by atoms with Crippen LogP contribution in [0.3, 0.4) is 0 Å². The first-order valence-corrected chi connectivity index (χ1v) is 10.9. The van der Waals surface area contributed by atoms with Crippen molar-refractivity contribution in [1.29, 1.82) is 5.41 Å². The van der Waals surface area contributed by atoms with E-state index in [1.165, 1.54) is 12.1 Å². The molecule has 2 unspecified atom stereocenters. The smallest absolute Gasteiger partial charge is 0.298 e. The van der Waals surface area contributed by atoms with Crippen molar-refractivity contribution >= 4 is 20.9 Å². The van der Waals surface area contributed by atoms with Crippen LogP contribution in [-0.4, -0.2) is 22.9 Å². The van der Waals surface area contributed by atoms with Crippen LogP contribution >= 0.6 is 9.24 Å². The highest BCUT2D eigenvalue weighted by Crippen LogP contribution is 2.47. The molecule has 0 spiro atoms. The third kappa shape index (κ3) is 6.30. The van der Waals surface area contributed by atoms with E-state index < -0.39 is 35.3 Å². The Bertz CT molecular complexity index is 1280. The Hall–Kier alpha value is -3.67. The number of benzene rings is 1. The molecule has 0 saturated heterocycles. The number of aromatic nitrogens is 1. The van der Waals surface area contributed by atoms with E-state index in [2.05, 4.69) is 37.8 Å². The molecule has 0 saturated carbocycles. The predicted molar refractivity (Wildman–Crippen MR) is 136 cm³/mol. The highest BCUT2D eigenvalue weighted by atomic mass is 31.0. The van der Waals surface area contributed by atoms with Gasteiger partial charge in [-0.15, -0.1) is 14.1 Å². The average Bonchev–Trinajstić information content (AvgIpc) is 2.82. The van der Waals surface area contributed by atoms with E-state index in [0.29, 0.717) is 11.3 Å². The Morgan fingerprint density at radius 2 is 2.00 bits per heavy atom. The van der Waals surface area contributed by atoms with Crippen LogP contribution in [0, 0.1) is 28.0 Å². The number of nitrogens with two attached hydrogens (primary N) is 1. The molecule has 2 atom stereocenters. The molecule has 1 aromatic carbocycles. The first kappa shape index (κ1) is 28.6. The summed E-state index contributed by atoms with van der Waals surface area (Å²) in [4.78, 5) is 15.8. The van der Waals surface area contributed by atoms with Crippen LogP contribution in [0.2, 0.25) is 0 Å². The molecular weight excluding hydrogens is 493 g/mol. The maximum absolute atomic E-state index is 15.9. The molecule has 0 aliphatic carbocycles. The lowest BCUT2D eigenvalue weighted by atomic mass is 9.82. The lowest BCUT2D eigenvalue weighted by Gasteiger charge is -2.37. The van der Waals surface area contributed by atoms with Crippen molar-refractivity contribution in [1.82, 2.24) is 9.99 Å². The minimum Gasteiger partial charge on any atom is -0.298 e. The molecule has 1 heterocycles. The van der Waals surface area contributed by atoms with Gasteiger partial charge in [-0.3, -0.25) is 15.4 Å². The Balaban J connectivity index is 2.58. The summed E-state index contributed by atoms with van der Waals surface area (Å²) >= 11 is 0. The molecule has 2 rings (SSSR count). The Labute approximate surface area is 208 Å². The van der Waals surface area contributed by atoms with E-state index in [0.717, 1.165) is 36.0 Å². The topological polar surface area (TPSA) is 95.4 Å². The monoisotopic (exact) mass is 517 g/mol. The number of pyridine rings is 1. The maximum atomic E-state index is 15.9. The lowest BCUT2D eigenvalue weighted by molar-refractivity contribution is -0.0942. The molecule has 11 heteroatoms. The Morgan fingerprint density at radius 3 is 2.50 bits per heavy atom. The summed E-state index contributed by atoms with van der Waals surface area (Å²) in [6.45, 7) is 5.96. The van der Waals surface area contributed by atoms with Gasteiger partial charge in [0, 0.05) is 11.8 Å². The quantitative estimate of drug-likeness (QED) is 0.0564. The summed E-state index contributed by atoms with van der Waals surface area (Å²) in [5, 5.41) is 10.5. The zero-order chi connectivity index (χ0) is 27.1. The molecule has 188 valence electrons. The van der Waals surface area contributed by atoms with Crippen molar-refractivity contribution in [2.24, 2.45) is 11.0 Å². The van der Waals surface area contributed by atoms with Crippen molar-refractivity contribution in [2.75, 3.05) is 6.54 Å². The molecule has 3 N–H and O–H groups in total. The maximum Gasteiger partial charge on any atom is 0.323 e. The first-order chi connectivity index (χ1) is 16.9. The van der Waals surface area contributed by atoms with Crippen molar-refractivity contribution < 1.29 is 17.6 Å². The van der Waals surface area contributed by atoms with Gasteiger partial charge in [0.1, 0.15) is 17.3 Å². The van der Waals surface area contributed by atoms with E-state index >= 15 is 8.78 Å². The zero-order valence-corrected chi connectivity index (χ0v) is 20.7. The molecule has 1 aromatic heterocycles. The van der Waals surface area contributed by atoms with Crippen molar-refractivity contribution in [3.63, 3.8) is 0 Å². The number of hydrazine groups is 1. The zero-order valence-electron chi connectivity index (χ0n) is 19.5. The number of allylic oxidation sites excluding steroid dienone is 5. The number of nitrogens with zero attached hydrogens (tertiary/aromatic N) is 3. The fourth-order valence-electron chi connectivity index (χ4n) is 3.16. The van der Waals surface area contributed by atoms with Crippen LogP contribution < -0.4 is 11.1 Å². The molecule has 0 bridgehead atoms. The van der Waals surface area contributed by atoms with Crippen LogP contribution in [0.5, 0.6) is 0 Å². The van der Waals surface area contributed by atoms with E-state index in [1.54, 1.807) is 6.08 Å². The second kappa shape index (κ2) is 11.8. The van der Waals surface area contributed by atoms with Gasteiger partial charge >= 0.3 is 5.92 Å². The molecule has 6 nitrogen and oxygen atoms in total. The number of hydrogen-bond acceptors (Lipinski definition) is 5. The summed E-state index contributed by atoms with van der Waals surface area (Å²) < 4.78 is 59.2. The largest absolute Gasteiger partial charge is 0.323 e. The van der Waals surface area contributed by atoms with Gasteiger partial charge in [-0.25, -0.2) is 14.6 Å². The second-order valence-corrected chi connectivity index (χ2v) is 8.59. The standard InChI is InChI=1S/C25H24F4N5OP/c1-16(2)4-7-19(17(3)26)8-5-18-6-11-23(32-13-18)25(28,29)24(33-35,14-34(31)15-30)21-10-9-20(27)12-22(21)36/h4,6-7,9-13,15,30H,3,14,31,36H2,1-2H3/b19-7-,30-15?. The number of hydrogen-bond donors (Lipinski definition) is 2. The first-order valence-electron chi connectivity index (χ1n) is 10.4. The molecule has 0 amide bonds. The molecule has 0 radical (unpaired) electrons. The van der Waals surface area contributed by atoms with Crippen LogP contribution in [0.4, 0.5) is 17.6 Å². The van der Waals surface area contributed by atoms with E-state index in [4.69, 9.17) is 11.3 Å². The van der Waals surface area contributed by atoms with Gasteiger partial charge in [-0.1, -0.05) is 36.1 Å². The second-order valence-electron chi connectivity index (χ2n) is 7.97. The minimum atomic E-state index is -4.05. The molecular formula is C25H24F4N5OP. The Kier molecular flexibility index (Phi) is 9.40. The van der Waals surface area contributed by atoms with Crippen molar-refractivity contribution in [3.05, 3.63) is 99.8 Å². The summed E-state index contributed by atoms with van der Waals surface area (Å²) in [5.41, 5.74) is -2.91. The van der Waals surface area contributed by atoms with Crippen molar-refractivity contribution in [3.8, 4) is 11.8 Å². The van der Waals surface area contributed by atoms with Gasteiger partial charge in [-0.05, 0) is 60.2 Å². The van der Waals surface area contributed by atoms with Gasteiger partial charge in [0.15, 0.2) is 0 Å². The van der Waals surface area contributed by atoms with Gasteiger partial charge in [-0.2, -0.15) is 8.78 Å². The molecule has 0 aliphatic heterocycles. The molecule has 2 aromatic rings. The Morgan fingerprint density at radius 1 is 1.31 bits per heavy atom. The van der Waals surface area contributed by atoms with Crippen LogP contribution in [0.1, 0.15) is 30.7 Å². The highest BCUT2D eigenvalue weighted by molar-refractivity contribution is 7.27.